The molecule has 0 bridgehead atoms. The average Bonchev–Trinajstić information content (AvgIpc) is 3.68. The molecule has 5 heteroatoms. The molecule has 0 saturated heterocycles. The molecule has 0 radical (unpaired) electrons. The summed E-state index contributed by atoms with van der Waals surface area (Å²) in [4.78, 5) is 28.0. The second-order valence-electron chi connectivity index (χ2n) is 11.9. The number of amides is 2. The Morgan fingerprint density at radius 3 is 1.65 bits per heavy atom. The summed E-state index contributed by atoms with van der Waals surface area (Å²) >= 11 is 1.76. The van der Waals surface area contributed by atoms with Gasteiger partial charge < -0.3 is 0 Å². The van der Waals surface area contributed by atoms with Crippen molar-refractivity contribution in [3.8, 4) is 4.37 Å². The van der Waals surface area contributed by atoms with E-state index in [-0.39, 0.29) is 11.8 Å². The summed E-state index contributed by atoms with van der Waals surface area (Å²) in [6.07, 6.45) is 15.8. The first-order chi connectivity index (χ1) is 23.4. The minimum atomic E-state index is -2.47. The molecule has 0 N–H and O–H groups in total. The number of carbonyl (C=O) groups excluding carboxylic acids is 2. The fraction of sp³-hybridized carbons (Fsp3) is 0.140. The zero-order valence-electron chi connectivity index (χ0n) is 27.5. The number of rotatable bonds is 8. The van der Waals surface area contributed by atoms with E-state index < -0.39 is 7.26 Å². The van der Waals surface area contributed by atoms with Crippen LogP contribution in [0.4, 0.5) is 0 Å². The Kier molecular flexibility index (Phi) is 10.3. The van der Waals surface area contributed by atoms with E-state index >= 15 is 0 Å². The van der Waals surface area contributed by atoms with E-state index in [1.165, 1.54) is 32.0 Å². The molecular formula is C43H38NO2OsP+. The van der Waals surface area contributed by atoms with Gasteiger partial charge in [-0.2, -0.15) is 0 Å². The molecule has 6 rings (SSSR count). The van der Waals surface area contributed by atoms with Crippen LogP contribution in [0.1, 0.15) is 65.0 Å². The maximum atomic E-state index is 13.5. The first kappa shape index (κ1) is 33.5. The molecule has 0 spiro atoms. The van der Waals surface area contributed by atoms with E-state index in [1.54, 1.807) is 25.0 Å². The Morgan fingerprint density at radius 1 is 0.708 bits per heavy atom. The van der Waals surface area contributed by atoms with E-state index in [4.69, 9.17) is 0 Å². The number of benzene rings is 4. The fourth-order valence-electron chi connectivity index (χ4n) is 6.92. The van der Waals surface area contributed by atoms with Gasteiger partial charge in [0, 0.05) is 0 Å². The van der Waals surface area contributed by atoms with Gasteiger partial charge in [0.25, 0.3) is 0 Å². The normalized spacial score (nSPS) is 17.1. The molecule has 3 nitrogen and oxygen atoms in total. The number of imide groups is 1. The van der Waals surface area contributed by atoms with Gasteiger partial charge in [-0.1, -0.05) is 0 Å². The van der Waals surface area contributed by atoms with E-state index in [0.717, 1.165) is 41.3 Å². The van der Waals surface area contributed by atoms with Crippen LogP contribution in [-0.4, -0.2) is 23.8 Å². The summed E-state index contributed by atoms with van der Waals surface area (Å²) < 4.78 is 3.79. The topological polar surface area (TPSA) is 37.4 Å². The van der Waals surface area contributed by atoms with Crippen LogP contribution in [0.5, 0.6) is 0 Å². The van der Waals surface area contributed by atoms with Crippen LogP contribution in [0.3, 0.4) is 0 Å². The number of allylic oxidation sites excluding steroid dienone is 8. The Labute approximate surface area is 294 Å². The summed E-state index contributed by atoms with van der Waals surface area (Å²) in [5.74, 6) is -0.536. The van der Waals surface area contributed by atoms with Gasteiger partial charge in [0.05, 0.1) is 0 Å². The molecule has 0 unspecified atom stereocenters. The third kappa shape index (κ3) is 6.02. The summed E-state index contributed by atoms with van der Waals surface area (Å²) in [5, 5.41) is 4.88. The molecule has 239 valence electrons. The van der Waals surface area contributed by atoms with Gasteiger partial charge in [0.1, 0.15) is 0 Å². The predicted octanol–water partition coefficient (Wildman–Crippen LogP) is 8.77. The molecule has 1 aliphatic carbocycles. The number of nitrogens with zero attached hydrogens (tertiary/aromatic N) is 1. The summed E-state index contributed by atoms with van der Waals surface area (Å²) in [5.41, 5.74) is 6.18. The summed E-state index contributed by atoms with van der Waals surface area (Å²) in [7, 11) is -0.909. The monoisotopic (exact) mass is 823 g/mol. The number of fused-ring (bicyclic) bond motifs is 1. The van der Waals surface area contributed by atoms with Crippen molar-refractivity contribution >= 4 is 47.1 Å². The molecule has 2 amide bonds. The summed E-state index contributed by atoms with van der Waals surface area (Å²) in [6.45, 7) is 4.04. The second-order valence-corrected chi connectivity index (χ2v) is 15.9. The van der Waals surface area contributed by atoms with Crippen LogP contribution in [0, 0.1) is 4.37 Å². The number of hydrogen-bond acceptors (Lipinski definition) is 2. The molecule has 1 heterocycles. The van der Waals surface area contributed by atoms with Gasteiger partial charge >= 0.3 is 296 Å². The Bertz CT molecular complexity index is 1970. The van der Waals surface area contributed by atoms with Crippen molar-refractivity contribution in [1.82, 2.24) is 4.90 Å². The molecule has 4 aromatic carbocycles. The second kappa shape index (κ2) is 14.8. The van der Waals surface area contributed by atoms with Crippen molar-refractivity contribution in [3.63, 3.8) is 0 Å². The maximum absolute atomic E-state index is 13.5. The average molecular weight is 822 g/mol. The molecular weight excluding hydrogens is 784 g/mol. The Hall–Kier alpha value is -4.43. The zero-order chi connectivity index (χ0) is 33.7. The molecule has 1 aliphatic heterocycles. The van der Waals surface area contributed by atoms with Crippen LogP contribution in [0.2, 0.25) is 0 Å². The fourth-order valence-corrected chi connectivity index (χ4v) is 12.7. The molecule has 0 atom stereocenters. The predicted molar refractivity (Wildman–Crippen MR) is 198 cm³/mol. The van der Waals surface area contributed by atoms with Crippen molar-refractivity contribution in [2.75, 3.05) is 7.05 Å². The van der Waals surface area contributed by atoms with Crippen molar-refractivity contribution in [1.29, 1.82) is 0 Å². The van der Waals surface area contributed by atoms with Crippen molar-refractivity contribution in [2.24, 2.45) is 0 Å². The zero-order valence-corrected chi connectivity index (χ0v) is 30.9. The first-order valence-corrected chi connectivity index (χ1v) is 19.3. The molecule has 4 aromatic rings. The molecule has 2 aliphatic rings. The minimum absolute atomic E-state index is 0.265. The van der Waals surface area contributed by atoms with Crippen molar-refractivity contribution in [3.05, 3.63) is 172 Å². The standard InChI is InChI=1S/C43H38NO2P.Os/c1-5-17-33-26-27-34(41-40(33)42(45)44(4)43(41)46)28-29-35(30-36-19-16-18-32(36)6-2)31(3)47(37-20-10-7-11-21-37,38-22-12-8-13-23-38)39-24-14-9-15-25-39;/h5-15,17,20-30H,16,18-19H2,1-2,4H3;/q+1;/b17-5+,29-28+,32-6?,35-31?,36-30?;. The van der Waals surface area contributed by atoms with Crippen LogP contribution < -0.4 is 15.9 Å². The van der Waals surface area contributed by atoms with Crippen LogP contribution in [0.15, 0.2) is 149 Å². The molecule has 1 fully saturated rings. The number of hydrogen-bond donors (Lipinski definition) is 0. The van der Waals surface area contributed by atoms with Gasteiger partial charge in [0.15, 0.2) is 0 Å². The van der Waals surface area contributed by atoms with Gasteiger partial charge in [-0.05, 0) is 0 Å². The molecule has 1 saturated carbocycles. The Morgan fingerprint density at radius 2 is 1.19 bits per heavy atom. The molecule has 0 aromatic heterocycles. The third-order valence-electron chi connectivity index (χ3n) is 9.20. The van der Waals surface area contributed by atoms with Gasteiger partial charge in [-0.15, -0.1) is 0 Å². The van der Waals surface area contributed by atoms with Gasteiger partial charge in [-0.25, -0.2) is 0 Å². The van der Waals surface area contributed by atoms with Crippen LogP contribution in [-0.2, 0) is 17.9 Å². The number of carbonyl (C=O) groups is 2. The van der Waals surface area contributed by atoms with Gasteiger partial charge in [0.2, 0.25) is 0 Å². The van der Waals surface area contributed by atoms with E-state index in [2.05, 4.69) is 121 Å². The van der Waals surface area contributed by atoms with E-state index in [1.807, 2.05) is 37.3 Å². The van der Waals surface area contributed by atoms with Crippen LogP contribution >= 0.6 is 7.26 Å². The first-order valence-electron chi connectivity index (χ1n) is 16.3. The molecule has 48 heavy (non-hydrogen) atoms. The third-order valence-corrected chi connectivity index (χ3v) is 14.6. The van der Waals surface area contributed by atoms with Crippen LogP contribution in [0.25, 0.3) is 12.2 Å². The Balaban J connectivity index is 1.70. The van der Waals surface area contributed by atoms with E-state index in [9.17, 15) is 9.59 Å². The van der Waals surface area contributed by atoms with Gasteiger partial charge in [-0.3, -0.25) is 0 Å². The quantitative estimate of drug-likeness (QED) is 0.101. The van der Waals surface area contributed by atoms with Crippen molar-refractivity contribution in [2.45, 2.75) is 33.1 Å². The SMILES string of the molecule is CC=C1CCCC1=CC(/C=C/c1ccc(/C=C/C)c2c1C(=O)N(C)C2=O)=C([C]#[Os])[P+](c1ccccc1)(c1ccccc1)c1ccccc1. The van der Waals surface area contributed by atoms with E-state index in [0.29, 0.717) is 11.1 Å². The van der Waals surface area contributed by atoms with Crippen molar-refractivity contribution < 1.29 is 27.5 Å². The summed E-state index contributed by atoms with van der Waals surface area (Å²) in [6, 6.07) is 36.4.